The monoisotopic (exact) mass is 438 g/mol. The average molecular weight is 439 g/mol. The Labute approximate surface area is 183 Å². The van der Waals surface area contributed by atoms with Crippen LogP contribution in [0.4, 0.5) is 5.82 Å². The lowest BCUT2D eigenvalue weighted by Crippen LogP contribution is -2.37. The van der Waals surface area contributed by atoms with Gasteiger partial charge >= 0.3 is 0 Å². The highest BCUT2D eigenvalue weighted by Crippen LogP contribution is 2.32. The Balaban J connectivity index is 1.26. The lowest BCUT2D eigenvalue weighted by Gasteiger charge is -2.29. The molecule has 0 atom stereocenters. The number of hydrogen-bond acceptors (Lipinski definition) is 8. The van der Waals surface area contributed by atoms with E-state index >= 15 is 0 Å². The van der Waals surface area contributed by atoms with Crippen molar-refractivity contribution in [2.24, 2.45) is 0 Å². The van der Waals surface area contributed by atoms with Crippen LogP contribution in [0.5, 0.6) is 11.5 Å². The fourth-order valence-corrected chi connectivity index (χ4v) is 4.33. The number of morpholine rings is 1. The molecule has 1 N–H and O–H groups in total. The summed E-state index contributed by atoms with van der Waals surface area (Å²) in [6.45, 7) is 3.51. The number of para-hydroxylation sites is 2. The maximum absolute atomic E-state index is 12.5. The minimum atomic E-state index is -0.0643. The van der Waals surface area contributed by atoms with E-state index in [1.807, 2.05) is 42.5 Å². The molecule has 1 amide bonds. The van der Waals surface area contributed by atoms with E-state index in [-0.39, 0.29) is 18.5 Å². The molecule has 0 spiro atoms. The summed E-state index contributed by atoms with van der Waals surface area (Å²) in [6, 6.07) is 13.5. The molecule has 9 heteroatoms. The van der Waals surface area contributed by atoms with Gasteiger partial charge in [0.05, 0.1) is 30.0 Å². The number of fused-ring (bicyclic) bond motifs is 2. The number of anilines is 1. The molecule has 31 heavy (non-hydrogen) atoms. The van der Waals surface area contributed by atoms with Gasteiger partial charge in [-0.1, -0.05) is 30.0 Å². The molecule has 0 unspecified atom stereocenters. The Morgan fingerprint density at radius 3 is 2.65 bits per heavy atom. The van der Waals surface area contributed by atoms with Crippen LogP contribution in [0.3, 0.4) is 0 Å². The first-order valence-electron chi connectivity index (χ1n) is 10.1. The van der Waals surface area contributed by atoms with Crippen LogP contribution in [0, 0.1) is 0 Å². The number of carbonyl (C=O) groups is 1. The Morgan fingerprint density at radius 1 is 1.03 bits per heavy atom. The van der Waals surface area contributed by atoms with Gasteiger partial charge in [0.25, 0.3) is 0 Å². The second-order valence-corrected chi connectivity index (χ2v) is 8.16. The highest BCUT2D eigenvalue weighted by molar-refractivity contribution is 8.00. The Hall–Kier alpha value is -3.04. The van der Waals surface area contributed by atoms with E-state index in [1.54, 1.807) is 0 Å². The van der Waals surface area contributed by atoms with Crippen LogP contribution >= 0.6 is 11.8 Å². The van der Waals surface area contributed by atoms with Crippen LogP contribution in [0.1, 0.15) is 5.56 Å². The first-order chi connectivity index (χ1) is 15.3. The highest BCUT2D eigenvalue weighted by Gasteiger charge is 2.20. The van der Waals surface area contributed by atoms with E-state index in [2.05, 4.69) is 10.2 Å². The van der Waals surface area contributed by atoms with Gasteiger partial charge in [0.2, 0.25) is 12.7 Å². The summed E-state index contributed by atoms with van der Waals surface area (Å²) >= 11 is 1.41. The smallest absolute Gasteiger partial charge is 0.231 e. The van der Waals surface area contributed by atoms with Crippen LogP contribution in [0.25, 0.3) is 11.0 Å². The van der Waals surface area contributed by atoms with Crippen LogP contribution in [0.15, 0.2) is 47.5 Å². The van der Waals surface area contributed by atoms with Gasteiger partial charge in [-0.3, -0.25) is 4.79 Å². The number of thioether (sulfide) groups is 1. The van der Waals surface area contributed by atoms with Crippen molar-refractivity contribution in [3.05, 3.63) is 48.0 Å². The Morgan fingerprint density at radius 2 is 1.81 bits per heavy atom. The standard InChI is InChI=1S/C22H22N4O4S/c27-20(23-12-15-5-6-18-19(11-15)30-14-29-18)13-31-22-21(26-7-9-28-10-8-26)24-16-3-1-2-4-17(16)25-22/h1-6,11H,7-10,12-14H2,(H,23,27). The van der Waals surface area contributed by atoms with Crippen molar-refractivity contribution in [3.63, 3.8) is 0 Å². The molecule has 1 fully saturated rings. The van der Waals surface area contributed by atoms with E-state index in [0.717, 1.165) is 46.3 Å². The third-order valence-corrected chi connectivity index (χ3v) is 6.05. The third kappa shape index (κ3) is 4.52. The molecular formula is C22H22N4O4S. The van der Waals surface area contributed by atoms with E-state index in [9.17, 15) is 4.79 Å². The van der Waals surface area contributed by atoms with Crippen molar-refractivity contribution >= 4 is 34.5 Å². The predicted octanol–water partition coefficient (Wildman–Crippen LogP) is 2.60. The Kier molecular flexibility index (Phi) is 5.77. The van der Waals surface area contributed by atoms with Gasteiger partial charge in [0.1, 0.15) is 5.03 Å². The van der Waals surface area contributed by atoms with Gasteiger partial charge < -0.3 is 24.4 Å². The molecule has 2 aromatic carbocycles. The summed E-state index contributed by atoms with van der Waals surface area (Å²) < 4.78 is 16.2. The maximum atomic E-state index is 12.5. The molecule has 0 saturated carbocycles. The number of aromatic nitrogens is 2. The molecule has 0 bridgehead atoms. The normalized spacial score (nSPS) is 15.3. The second kappa shape index (κ2) is 8.99. The minimum Gasteiger partial charge on any atom is -0.454 e. The number of nitrogens with one attached hydrogen (secondary N) is 1. The molecule has 0 aliphatic carbocycles. The van der Waals surface area contributed by atoms with Crippen molar-refractivity contribution in [2.45, 2.75) is 11.6 Å². The zero-order valence-electron chi connectivity index (χ0n) is 16.9. The topological polar surface area (TPSA) is 85.8 Å². The van der Waals surface area contributed by atoms with E-state index < -0.39 is 0 Å². The molecule has 5 rings (SSSR count). The number of benzene rings is 2. The Bertz CT molecular complexity index is 1100. The number of ether oxygens (including phenoxy) is 3. The van der Waals surface area contributed by atoms with Crippen molar-refractivity contribution in [1.82, 2.24) is 15.3 Å². The average Bonchev–Trinajstić information content (AvgIpc) is 3.29. The maximum Gasteiger partial charge on any atom is 0.231 e. The van der Waals surface area contributed by atoms with Crippen LogP contribution in [-0.4, -0.2) is 54.7 Å². The largest absolute Gasteiger partial charge is 0.454 e. The van der Waals surface area contributed by atoms with Gasteiger partial charge in [0, 0.05) is 19.6 Å². The summed E-state index contributed by atoms with van der Waals surface area (Å²) in [5.41, 5.74) is 2.63. The number of amides is 1. The number of hydrogen-bond donors (Lipinski definition) is 1. The summed E-state index contributed by atoms with van der Waals surface area (Å²) in [5, 5.41) is 3.72. The SMILES string of the molecule is O=C(CSc1nc2ccccc2nc1N1CCOCC1)NCc1ccc2c(c1)OCO2. The van der Waals surface area contributed by atoms with Crippen molar-refractivity contribution < 1.29 is 19.0 Å². The van der Waals surface area contributed by atoms with E-state index in [4.69, 9.17) is 24.2 Å². The van der Waals surface area contributed by atoms with E-state index in [1.165, 1.54) is 11.8 Å². The number of carbonyl (C=O) groups excluding carboxylic acids is 1. The predicted molar refractivity (Wildman–Crippen MR) is 118 cm³/mol. The first kappa shape index (κ1) is 19.9. The molecule has 3 aromatic rings. The number of nitrogens with zero attached hydrogens (tertiary/aromatic N) is 3. The van der Waals surface area contributed by atoms with Crippen molar-refractivity contribution in [3.8, 4) is 11.5 Å². The molecule has 1 aromatic heterocycles. The summed E-state index contributed by atoms with van der Waals surface area (Å²) in [5.74, 6) is 2.45. The molecule has 3 heterocycles. The third-order valence-electron chi connectivity index (χ3n) is 5.10. The fourth-order valence-electron chi connectivity index (χ4n) is 3.49. The van der Waals surface area contributed by atoms with Gasteiger partial charge in [-0.25, -0.2) is 9.97 Å². The molecule has 1 saturated heterocycles. The molecule has 2 aliphatic heterocycles. The van der Waals surface area contributed by atoms with E-state index in [0.29, 0.717) is 25.5 Å². The highest BCUT2D eigenvalue weighted by atomic mass is 32.2. The van der Waals surface area contributed by atoms with Crippen LogP contribution < -0.4 is 19.7 Å². The van der Waals surface area contributed by atoms with Crippen LogP contribution in [0.2, 0.25) is 0 Å². The zero-order valence-corrected chi connectivity index (χ0v) is 17.7. The summed E-state index contributed by atoms with van der Waals surface area (Å²) in [4.78, 5) is 24.3. The van der Waals surface area contributed by atoms with Gasteiger partial charge in [-0.15, -0.1) is 0 Å². The number of rotatable bonds is 6. The molecule has 2 aliphatic rings. The lowest BCUT2D eigenvalue weighted by molar-refractivity contribution is -0.118. The minimum absolute atomic E-state index is 0.0643. The zero-order chi connectivity index (χ0) is 21.0. The fraction of sp³-hybridized carbons (Fsp3) is 0.318. The second-order valence-electron chi connectivity index (χ2n) is 7.19. The molecular weight excluding hydrogens is 416 g/mol. The molecule has 0 radical (unpaired) electrons. The van der Waals surface area contributed by atoms with Gasteiger partial charge in [0.15, 0.2) is 17.3 Å². The molecule has 8 nitrogen and oxygen atoms in total. The molecule has 160 valence electrons. The summed E-state index contributed by atoms with van der Waals surface area (Å²) in [6.07, 6.45) is 0. The van der Waals surface area contributed by atoms with Gasteiger partial charge in [-0.05, 0) is 29.8 Å². The van der Waals surface area contributed by atoms with Crippen molar-refractivity contribution in [1.29, 1.82) is 0 Å². The van der Waals surface area contributed by atoms with Gasteiger partial charge in [-0.2, -0.15) is 0 Å². The quantitative estimate of drug-likeness (QED) is 0.588. The first-order valence-corrected chi connectivity index (χ1v) is 11.1. The van der Waals surface area contributed by atoms with Crippen LogP contribution in [-0.2, 0) is 16.1 Å². The lowest BCUT2D eigenvalue weighted by atomic mass is 10.2. The summed E-state index contributed by atoms with van der Waals surface area (Å²) in [7, 11) is 0. The van der Waals surface area contributed by atoms with Crippen molar-refractivity contribution in [2.75, 3.05) is 43.7 Å².